The van der Waals surface area contributed by atoms with E-state index in [-0.39, 0.29) is 6.04 Å². The summed E-state index contributed by atoms with van der Waals surface area (Å²) in [7, 11) is 0. The first-order chi connectivity index (χ1) is 10.1. The Labute approximate surface area is 125 Å². The van der Waals surface area contributed by atoms with Gasteiger partial charge in [0, 0.05) is 18.3 Å². The molecule has 0 heterocycles. The lowest BCUT2D eigenvalue weighted by Crippen LogP contribution is -2.28. The van der Waals surface area contributed by atoms with Crippen molar-refractivity contribution in [2.75, 3.05) is 18.5 Å². The van der Waals surface area contributed by atoms with Gasteiger partial charge in [0.2, 0.25) is 0 Å². The Morgan fingerprint density at radius 1 is 1.33 bits per heavy atom. The maximum atomic E-state index is 10.8. The third kappa shape index (κ3) is 4.44. The SMILES string of the molecule is CC(NCC1CCCC1CO)c1ccc(NC(N)=O)cc1. The molecule has 3 atom stereocenters. The highest BCUT2D eigenvalue weighted by atomic mass is 16.3. The van der Waals surface area contributed by atoms with Crippen LogP contribution in [0.4, 0.5) is 10.5 Å². The van der Waals surface area contributed by atoms with Crippen molar-refractivity contribution in [2.24, 2.45) is 17.6 Å². The largest absolute Gasteiger partial charge is 0.396 e. The number of benzene rings is 1. The summed E-state index contributed by atoms with van der Waals surface area (Å²) in [5.74, 6) is 1.03. The topological polar surface area (TPSA) is 87.4 Å². The predicted molar refractivity (Wildman–Crippen MR) is 84.0 cm³/mol. The van der Waals surface area contributed by atoms with Crippen molar-refractivity contribution in [1.29, 1.82) is 0 Å². The van der Waals surface area contributed by atoms with Gasteiger partial charge in [-0.05, 0) is 55.8 Å². The monoisotopic (exact) mass is 291 g/mol. The molecule has 2 amide bonds. The lowest BCUT2D eigenvalue weighted by molar-refractivity contribution is 0.190. The number of urea groups is 1. The molecule has 1 aromatic rings. The number of carbonyl (C=O) groups excluding carboxylic acids is 1. The standard InChI is InChI=1S/C16H25N3O2/c1-11(18-9-13-3-2-4-14(13)10-20)12-5-7-15(8-6-12)19-16(17)21/h5-8,11,13-14,18,20H,2-4,9-10H2,1H3,(H3,17,19,21). The Bertz CT molecular complexity index is 461. The van der Waals surface area contributed by atoms with E-state index in [0.29, 0.717) is 24.1 Å². The van der Waals surface area contributed by atoms with Gasteiger partial charge in [-0.3, -0.25) is 0 Å². The van der Waals surface area contributed by atoms with E-state index in [0.717, 1.165) is 13.0 Å². The Morgan fingerprint density at radius 3 is 2.62 bits per heavy atom. The third-order valence-corrected chi connectivity index (χ3v) is 4.42. The maximum Gasteiger partial charge on any atom is 0.316 e. The zero-order valence-electron chi connectivity index (χ0n) is 12.5. The molecule has 0 aliphatic heterocycles. The van der Waals surface area contributed by atoms with Gasteiger partial charge in [-0.15, -0.1) is 0 Å². The number of hydrogen-bond donors (Lipinski definition) is 4. The maximum absolute atomic E-state index is 10.8. The molecule has 2 rings (SSSR count). The summed E-state index contributed by atoms with van der Waals surface area (Å²) < 4.78 is 0. The number of hydrogen-bond acceptors (Lipinski definition) is 3. The van der Waals surface area contributed by atoms with Crippen LogP contribution in [0.5, 0.6) is 0 Å². The van der Waals surface area contributed by atoms with Gasteiger partial charge in [-0.25, -0.2) is 4.79 Å². The van der Waals surface area contributed by atoms with Gasteiger partial charge in [0.25, 0.3) is 0 Å². The van der Waals surface area contributed by atoms with Gasteiger partial charge in [-0.2, -0.15) is 0 Å². The number of anilines is 1. The number of amides is 2. The van der Waals surface area contributed by atoms with Crippen molar-refractivity contribution in [2.45, 2.75) is 32.2 Å². The Hall–Kier alpha value is -1.59. The normalized spacial score (nSPS) is 23.0. The molecule has 5 nitrogen and oxygen atoms in total. The molecule has 0 spiro atoms. The second-order valence-corrected chi connectivity index (χ2v) is 5.87. The molecule has 1 aliphatic rings. The van der Waals surface area contributed by atoms with Crippen LogP contribution < -0.4 is 16.4 Å². The fourth-order valence-electron chi connectivity index (χ4n) is 3.07. The molecule has 0 saturated heterocycles. The molecular weight excluding hydrogens is 266 g/mol. The highest BCUT2D eigenvalue weighted by Crippen LogP contribution is 2.31. The molecule has 116 valence electrons. The van der Waals surface area contributed by atoms with Crippen molar-refractivity contribution in [3.8, 4) is 0 Å². The van der Waals surface area contributed by atoms with Crippen molar-refractivity contribution in [1.82, 2.24) is 5.32 Å². The highest BCUT2D eigenvalue weighted by Gasteiger charge is 2.26. The van der Waals surface area contributed by atoms with Crippen LogP contribution in [-0.4, -0.2) is 24.3 Å². The Morgan fingerprint density at radius 2 is 2.00 bits per heavy atom. The lowest BCUT2D eigenvalue weighted by atomic mass is 9.96. The zero-order valence-corrected chi connectivity index (χ0v) is 12.5. The fraction of sp³-hybridized carbons (Fsp3) is 0.562. The highest BCUT2D eigenvalue weighted by molar-refractivity contribution is 5.87. The van der Waals surface area contributed by atoms with Crippen LogP contribution >= 0.6 is 0 Å². The molecule has 5 N–H and O–H groups in total. The van der Waals surface area contributed by atoms with Crippen LogP contribution in [0.3, 0.4) is 0 Å². The van der Waals surface area contributed by atoms with Crippen molar-refractivity contribution >= 4 is 11.7 Å². The van der Waals surface area contributed by atoms with E-state index in [2.05, 4.69) is 17.6 Å². The molecule has 5 heteroatoms. The molecule has 1 fully saturated rings. The first-order valence-corrected chi connectivity index (χ1v) is 7.60. The van der Waals surface area contributed by atoms with Crippen LogP contribution in [0.15, 0.2) is 24.3 Å². The van der Waals surface area contributed by atoms with Gasteiger partial charge in [0.15, 0.2) is 0 Å². The zero-order chi connectivity index (χ0) is 15.2. The third-order valence-electron chi connectivity index (χ3n) is 4.42. The molecule has 1 aromatic carbocycles. The number of primary amides is 1. The summed E-state index contributed by atoms with van der Waals surface area (Å²) in [4.78, 5) is 10.8. The van der Waals surface area contributed by atoms with Crippen molar-refractivity contribution in [3.05, 3.63) is 29.8 Å². The smallest absolute Gasteiger partial charge is 0.316 e. The Balaban J connectivity index is 1.85. The van der Waals surface area contributed by atoms with E-state index in [1.165, 1.54) is 18.4 Å². The van der Waals surface area contributed by atoms with Crippen LogP contribution in [-0.2, 0) is 0 Å². The number of carbonyl (C=O) groups is 1. The van der Waals surface area contributed by atoms with E-state index in [9.17, 15) is 9.90 Å². The molecule has 0 aromatic heterocycles. The molecule has 0 radical (unpaired) electrons. The van der Waals surface area contributed by atoms with E-state index in [4.69, 9.17) is 5.73 Å². The van der Waals surface area contributed by atoms with Gasteiger partial charge < -0.3 is 21.5 Å². The summed E-state index contributed by atoms with van der Waals surface area (Å²) in [6.45, 7) is 3.36. The summed E-state index contributed by atoms with van der Waals surface area (Å²) in [6.07, 6.45) is 3.57. The fourth-order valence-corrected chi connectivity index (χ4v) is 3.07. The molecule has 21 heavy (non-hydrogen) atoms. The molecule has 3 unspecified atom stereocenters. The number of aliphatic hydroxyl groups excluding tert-OH is 1. The predicted octanol–water partition coefficient (Wildman–Crippen LogP) is 2.24. The number of rotatable bonds is 6. The minimum atomic E-state index is -0.551. The minimum absolute atomic E-state index is 0.243. The first-order valence-electron chi connectivity index (χ1n) is 7.60. The number of aliphatic hydroxyl groups is 1. The second kappa shape index (κ2) is 7.43. The summed E-state index contributed by atoms with van der Waals surface area (Å²) in [6, 6.07) is 7.37. The number of nitrogens with two attached hydrogens (primary N) is 1. The summed E-state index contributed by atoms with van der Waals surface area (Å²) >= 11 is 0. The summed E-state index contributed by atoms with van der Waals surface area (Å²) in [5, 5.41) is 15.4. The van der Waals surface area contributed by atoms with E-state index in [1.807, 2.05) is 24.3 Å². The number of nitrogens with one attached hydrogen (secondary N) is 2. The van der Waals surface area contributed by atoms with E-state index < -0.39 is 6.03 Å². The molecular formula is C16H25N3O2. The van der Waals surface area contributed by atoms with Crippen molar-refractivity contribution in [3.63, 3.8) is 0 Å². The quantitative estimate of drug-likeness (QED) is 0.648. The van der Waals surface area contributed by atoms with Gasteiger partial charge in [-0.1, -0.05) is 18.6 Å². The van der Waals surface area contributed by atoms with Gasteiger partial charge in [0.05, 0.1) is 0 Å². The van der Waals surface area contributed by atoms with E-state index >= 15 is 0 Å². The summed E-state index contributed by atoms with van der Waals surface area (Å²) in [5.41, 5.74) is 6.96. The lowest BCUT2D eigenvalue weighted by Gasteiger charge is -2.21. The van der Waals surface area contributed by atoms with Crippen molar-refractivity contribution < 1.29 is 9.90 Å². The second-order valence-electron chi connectivity index (χ2n) is 5.87. The Kier molecular flexibility index (Phi) is 5.59. The van der Waals surface area contributed by atoms with Gasteiger partial charge >= 0.3 is 6.03 Å². The van der Waals surface area contributed by atoms with Crippen LogP contribution in [0.2, 0.25) is 0 Å². The van der Waals surface area contributed by atoms with Gasteiger partial charge in [0.1, 0.15) is 0 Å². The average molecular weight is 291 g/mol. The molecule has 1 saturated carbocycles. The van der Waals surface area contributed by atoms with E-state index in [1.54, 1.807) is 0 Å². The molecule has 1 aliphatic carbocycles. The first kappa shape index (κ1) is 15.8. The van der Waals surface area contributed by atoms with Crippen LogP contribution in [0.1, 0.15) is 37.8 Å². The van der Waals surface area contributed by atoms with Crippen LogP contribution in [0.25, 0.3) is 0 Å². The average Bonchev–Trinajstić information content (AvgIpc) is 2.92. The van der Waals surface area contributed by atoms with Crippen LogP contribution in [0, 0.1) is 11.8 Å². The molecule has 0 bridgehead atoms. The minimum Gasteiger partial charge on any atom is -0.396 e.